The summed E-state index contributed by atoms with van der Waals surface area (Å²) in [6, 6.07) is 15.4. The lowest BCUT2D eigenvalue weighted by Gasteiger charge is -2.07. The van der Waals surface area contributed by atoms with Crippen LogP contribution >= 0.6 is 23.2 Å². The highest BCUT2D eigenvalue weighted by Gasteiger charge is 2.01. The van der Waals surface area contributed by atoms with E-state index in [0.29, 0.717) is 13.1 Å². The molecule has 0 atom stereocenters. The van der Waals surface area contributed by atoms with E-state index >= 15 is 0 Å². The van der Waals surface area contributed by atoms with E-state index < -0.39 is 0 Å². The van der Waals surface area contributed by atoms with Gasteiger partial charge in [-0.1, -0.05) is 47.5 Å². The summed E-state index contributed by atoms with van der Waals surface area (Å²) in [6.07, 6.45) is 1.64. The molecule has 2 aromatic carbocycles. The molecule has 0 aromatic heterocycles. The summed E-state index contributed by atoms with van der Waals surface area (Å²) in [5.74, 6) is 0.00290. The van der Waals surface area contributed by atoms with Crippen molar-refractivity contribution in [3.05, 3.63) is 69.7 Å². The van der Waals surface area contributed by atoms with Crippen molar-refractivity contribution < 1.29 is 4.79 Å². The van der Waals surface area contributed by atoms with Crippen molar-refractivity contribution in [1.82, 2.24) is 10.6 Å². The van der Waals surface area contributed by atoms with Gasteiger partial charge in [0.15, 0.2) is 0 Å². The normalized spacial score (nSPS) is 10.5. The highest BCUT2D eigenvalue weighted by molar-refractivity contribution is 6.30. The van der Waals surface area contributed by atoms with Gasteiger partial charge in [0, 0.05) is 16.6 Å². The Kier molecular flexibility index (Phi) is 7.40. The summed E-state index contributed by atoms with van der Waals surface area (Å²) in [6.45, 7) is 1.69. The van der Waals surface area contributed by atoms with Gasteiger partial charge in [0.1, 0.15) is 0 Å². The average molecular weight is 351 g/mol. The molecule has 0 heterocycles. The summed E-state index contributed by atoms with van der Waals surface area (Å²) >= 11 is 11.8. The Morgan fingerprint density at radius 3 is 2.35 bits per heavy atom. The van der Waals surface area contributed by atoms with Crippen LogP contribution in [0.25, 0.3) is 0 Å². The minimum atomic E-state index is 0.00290. The third-order valence-corrected chi connectivity index (χ3v) is 3.90. The fraction of sp³-hybridized carbons (Fsp3) is 0.278. The van der Waals surface area contributed by atoms with Gasteiger partial charge in [0.2, 0.25) is 5.91 Å². The lowest BCUT2D eigenvalue weighted by Crippen LogP contribution is -2.35. The van der Waals surface area contributed by atoms with Gasteiger partial charge in [0.25, 0.3) is 0 Å². The molecule has 2 aromatic rings. The van der Waals surface area contributed by atoms with Gasteiger partial charge in [0.05, 0.1) is 6.54 Å². The zero-order chi connectivity index (χ0) is 16.5. The second-order valence-corrected chi connectivity index (χ2v) is 6.16. The predicted octanol–water partition coefficient (Wildman–Crippen LogP) is 3.48. The molecule has 1 amide bonds. The van der Waals surface area contributed by atoms with Crippen LogP contribution in [0.15, 0.2) is 48.5 Å². The molecule has 0 bridgehead atoms. The molecule has 0 saturated carbocycles. The van der Waals surface area contributed by atoms with Gasteiger partial charge in [-0.05, 0) is 54.8 Å². The van der Waals surface area contributed by atoms with Crippen LogP contribution in [0.3, 0.4) is 0 Å². The predicted molar refractivity (Wildman–Crippen MR) is 96.2 cm³/mol. The second-order valence-electron chi connectivity index (χ2n) is 5.28. The third-order valence-electron chi connectivity index (χ3n) is 3.41. The summed E-state index contributed by atoms with van der Waals surface area (Å²) in [5.41, 5.74) is 2.32. The van der Waals surface area contributed by atoms with Crippen molar-refractivity contribution in [3.8, 4) is 0 Å². The quantitative estimate of drug-likeness (QED) is 0.715. The molecule has 122 valence electrons. The van der Waals surface area contributed by atoms with Crippen LogP contribution in [0.5, 0.6) is 0 Å². The number of rotatable bonds is 8. The van der Waals surface area contributed by atoms with Crippen LogP contribution in [-0.4, -0.2) is 25.5 Å². The lowest BCUT2D eigenvalue weighted by atomic mass is 10.1. The minimum Gasteiger partial charge on any atom is -0.355 e. The van der Waals surface area contributed by atoms with Crippen molar-refractivity contribution in [2.75, 3.05) is 19.6 Å². The number of benzene rings is 2. The Bertz CT molecular complexity index is 629. The Labute approximate surface area is 147 Å². The van der Waals surface area contributed by atoms with Crippen molar-refractivity contribution in [1.29, 1.82) is 0 Å². The first-order valence-corrected chi connectivity index (χ1v) is 8.35. The van der Waals surface area contributed by atoms with E-state index in [2.05, 4.69) is 10.6 Å². The van der Waals surface area contributed by atoms with Crippen LogP contribution in [0.4, 0.5) is 0 Å². The number of nitrogens with one attached hydrogen (secondary N) is 2. The van der Waals surface area contributed by atoms with Gasteiger partial charge in [-0.3, -0.25) is 4.79 Å². The van der Waals surface area contributed by atoms with Crippen LogP contribution in [0, 0.1) is 0 Å². The highest BCUT2D eigenvalue weighted by Crippen LogP contribution is 2.11. The van der Waals surface area contributed by atoms with E-state index in [1.807, 2.05) is 48.5 Å². The summed E-state index contributed by atoms with van der Waals surface area (Å²) in [5, 5.41) is 7.49. The molecular weight excluding hydrogens is 331 g/mol. The van der Waals surface area contributed by atoms with Crippen molar-refractivity contribution in [3.63, 3.8) is 0 Å². The average Bonchev–Trinajstić information content (AvgIpc) is 2.53. The van der Waals surface area contributed by atoms with Crippen molar-refractivity contribution >= 4 is 29.1 Å². The third kappa shape index (κ3) is 7.04. The maximum absolute atomic E-state index is 11.7. The molecular formula is C18H20Cl2N2O. The smallest absolute Gasteiger partial charge is 0.233 e. The van der Waals surface area contributed by atoms with Crippen LogP contribution in [-0.2, 0) is 17.6 Å². The number of hydrogen-bond acceptors (Lipinski definition) is 2. The molecule has 0 aliphatic carbocycles. The van der Waals surface area contributed by atoms with Crippen LogP contribution < -0.4 is 10.6 Å². The monoisotopic (exact) mass is 350 g/mol. The van der Waals surface area contributed by atoms with Gasteiger partial charge in [-0.15, -0.1) is 0 Å². The zero-order valence-corrected chi connectivity index (χ0v) is 14.3. The van der Waals surface area contributed by atoms with Crippen LogP contribution in [0.2, 0.25) is 10.0 Å². The zero-order valence-electron chi connectivity index (χ0n) is 12.8. The number of halogens is 2. The molecule has 0 aliphatic heterocycles. The molecule has 0 unspecified atom stereocenters. The summed E-state index contributed by atoms with van der Waals surface area (Å²) in [7, 11) is 0. The maximum atomic E-state index is 11.7. The number of amides is 1. The Morgan fingerprint density at radius 1 is 0.870 bits per heavy atom. The standard InChI is InChI=1S/C18H20Cl2N2O/c19-16-6-4-14(5-7-16)8-10-21-13-18(23)22-11-9-15-2-1-3-17(20)12-15/h1-7,12,21H,8-11,13H2,(H,22,23). The first-order valence-electron chi connectivity index (χ1n) is 7.60. The van der Waals surface area contributed by atoms with Crippen LogP contribution in [0.1, 0.15) is 11.1 Å². The Balaban J connectivity index is 1.57. The Morgan fingerprint density at radius 2 is 1.61 bits per heavy atom. The van der Waals surface area contributed by atoms with E-state index in [-0.39, 0.29) is 5.91 Å². The maximum Gasteiger partial charge on any atom is 0.233 e. The fourth-order valence-corrected chi connectivity index (χ4v) is 2.53. The van der Waals surface area contributed by atoms with Gasteiger partial charge < -0.3 is 10.6 Å². The summed E-state index contributed by atoms with van der Waals surface area (Å²) in [4.78, 5) is 11.7. The topological polar surface area (TPSA) is 41.1 Å². The molecule has 2 rings (SSSR count). The van der Waals surface area contributed by atoms with E-state index in [1.165, 1.54) is 5.56 Å². The van der Waals surface area contributed by atoms with Gasteiger partial charge in [-0.2, -0.15) is 0 Å². The molecule has 3 nitrogen and oxygen atoms in total. The van der Waals surface area contributed by atoms with E-state index in [4.69, 9.17) is 23.2 Å². The van der Waals surface area contributed by atoms with Gasteiger partial charge in [-0.25, -0.2) is 0 Å². The molecule has 5 heteroatoms. The Hall–Kier alpha value is -1.55. The first-order chi connectivity index (χ1) is 11.1. The fourth-order valence-electron chi connectivity index (χ4n) is 2.19. The molecule has 2 N–H and O–H groups in total. The molecule has 0 radical (unpaired) electrons. The number of carbonyl (C=O) groups excluding carboxylic acids is 1. The lowest BCUT2D eigenvalue weighted by molar-refractivity contribution is -0.120. The largest absolute Gasteiger partial charge is 0.355 e. The first kappa shape index (κ1) is 17.8. The van der Waals surface area contributed by atoms with E-state index in [1.54, 1.807) is 0 Å². The second kappa shape index (κ2) is 9.56. The number of carbonyl (C=O) groups is 1. The number of hydrogen-bond donors (Lipinski definition) is 2. The van der Waals surface area contributed by atoms with Crippen molar-refractivity contribution in [2.45, 2.75) is 12.8 Å². The SMILES string of the molecule is O=C(CNCCc1ccc(Cl)cc1)NCCc1cccc(Cl)c1. The van der Waals surface area contributed by atoms with Crippen molar-refractivity contribution in [2.24, 2.45) is 0 Å². The molecule has 0 fully saturated rings. The molecule has 23 heavy (non-hydrogen) atoms. The molecule has 0 aliphatic rings. The van der Waals surface area contributed by atoms with Gasteiger partial charge >= 0.3 is 0 Å². The molecule has 0 saturated heterocycles. The summed E-state index contributed by atoms with van der Waals surface area (Å²) < 4.78 is 0. The van der Waals surface area contributed by atoms with E-state index in [9.17, 15) is 4.79 Å². The molecule has 0 spiro atoms. The minimum absolute atomic E-state index is 0.00290. The highest BCUT2D eigenvalue weighted by atomic mass is 35.5. The van der Waals surface area contributed by atoms with E-state index in [0.717, 1.165) is 35.0 Å².